The lowest BCUT2D eigenvalue weighted by Crippen LogP contribution is -2.37. The molecule has 104 valence electrons. The van der Waals surface area contributed by atoms with E-state index < -0.39 is 16.2 Å². The summed E-state index contributed by atoms with van der Waals surface area (Å²) in [5.41, 5.74) is 6.97. The van der Waals surface area contributed by atoms with Crippen molar-refractivity contribution in [2.45, 2.75) is 13.8 Å². The number of hydrogen-bond acceptors (Lipinski definition) is 6. The summed E-state index contributed by atoms with van der Waals surface area (Å²) >= 11 is 0. The van der Waals surface area contributed by atoms with E-state index in [-0.39, 0.29) is 23.6 Å². The predicted octanol–water partition coefficient (Wildman–Crippen LogP) is 0.804. The maximum atomic E-state index is 11.2. The lowest BCUT2D eigenvalue weighted by atomic mass is 9.92. The van der Waals surface area contributed by atoms with Gasteiger partial charge in [-0.25, -0.2) is 0 Å². The number of nitrogens with zero attached hydrogens (tertiary/aromatic N) is 1. The summed E-state index contributed by atoms with van der Waals surface area (Å²) in [6.07, 6.45) is 0. The largest absolute Gasteiger partial charge is 0.378 e. The maximum absolute atomic E-state index is 11.2. The fourth-order valence-corrected chi connectivity index (χ4v) is 1.40. The number of rotatable bonds is 6. The molecular formula is C11H17N5O3. The predicted molar refractivity (Wildman–Crippen MR) is 72.4 cm³/mol. The number of benzene rings is 1. The van der Waals surface area contributed by atoms with E-state index in [4.69, 9.17) is 11.6 Å². The van der Waals surface area contributed by atoms with Crippen molar-refractivity contribution < 1.29 is 9.72 Å². The number of para-hydroxylation sites is 1. The minimum absolute atomic E-state index is 0.176. The van der Waals surface area contributed by atoms with Gasteiger partial charge in [-0.3, -0.25) is 20.8 Å². The molecule has 1 aromatic rings. The fraction of sp³-hybridized carbons (Fsp3) is 0.364. The standard InChI is InChI=1S/C11H17N5O3/c1-11(2,10(12)17)6-14-7-4-3-5-8(15-13)9(7)16(18)19/h3-5,14-15H,6,13H2,1-2H3,(H2,12,17). The van der Waals surface area contributed by atoms with Crippen molar-refractivity contribution in [3.63, 3.8) is 0 Å². The van der Waals surface area contributed by atoms with Gasteiger partial charge in [0.15, 0.2) is 0 Å². The molecule has 8 nitrogen and oxygen atoms in total. The Morgan fingerprint density at radius 3 is 2.47 bits per heavy atom. The van der Waals surface area contributed by atoms with E-state index in [0.29, 0.717) is 0 Å². The smallest absolute Gasteiger partial charge is 0.316 e. The third-order valence-electron chi connectivity index (χ3n) is 2.76. The average molecular weight is 267 g/mol. The molecule has 0 heterocycles. The first-order valence-electron chi connectivity index (χ1n) is 5.57. The summed E-state index contributed by atoms with van der Waals surface area (Å²) < 4.78 is 0. The van der Waals surface area contributed by atoms with E-state index in [0.717, 1.165) is 0 Å². The highest BCUT2D eigenvalue weighted by Crippen LogP contribution is 2.32. The Kier molecular flexibility index (Phi) is 4.28. The van der Waals surface area contributed by atoms with Crippen molar-refractivity contribution in [1.29, 1.82) is 0 Å². The van der Waals surface area contributed by atoms with Gasteiger partial charge in [-0.15, -0.1) is 0 Å². The summed E-state index contributed by atoms with van der Waals surface area (Å²) in [5, 5.41) is 13.9. The van der Waals surface area contributed by atoms with Crippen LogP contribution in [0.25, 0.3) is 0 Å². The minimum atomic E-state index is -0.819. The van der Waals surface area contributed by atoms with Crippen molar-refractivity contribution in [2.75, 3.05) is 17.3 Å². The summed E-state index contributed by atoms with van der Waals surface area (Å²) in [5.74, 6) is 4.74. The zero-order valence-corrected chi connectivity index (χ0v) is 10.8. The molecule has 0 spiro atoms. The van der Waals surface area contributed by atoms with E-state index in [9.17, 15) is 14.9 Å². The second kappa shape index (κ2) is 5.53. The Labute approximate surface area is 110 Å². The van der Waals surface area contributed by atoms with Gasteiger partial charge in [0.2, 0.25) is 5.91 Å². The number of amides is 1. The molecule has 0 aromatic heterocycles. The van der Waals surface area contributed by atoms with Gasteiger partial charge in [0.05, 0.1) is 10.3 Å². The molecule has 0 radical (unpaired) electrons. The molecule has 19 heavy (non-hydrogen) atoms. The van der Waals surface area contributed by atoms with Crippen LogP contribution >= 0.6 is 0 Å². The van der Waals surface area contributed by atoms with Gasteiger partial charge in [-0.2, -0.15) is 0 Å². The van der Waals surface area contributed by atoms with Crippen LogP contribution in [0.1, 0.15) is 13.8 Å². The number of hydrogen-bond donors (Lipinski definition) is 4. The second-order valence-corrected chi connectivity index (χ2v) is 4.70. The normalized spacial score (nSPS) is 10.9. The van der Waals surface area contributed by atoms with Crippen molar-refractivity contribution in [3.8, 4) is 0 Å². The van der Waals surface area contributed by atoms with Crippen molar-refractivity contribution >= 4 is 23.0 Å². The van der Waals surface area contributed by atoms with Crippen LogP contribution in [-0.2, 0) is 4.79 Å². The van der Waals surface area contributed by atoms with Crippen molar-refractivity contribution in [2.24, 2.45) is 17.0 Å². The molecule has 0 aliphatic rings. The van der Waals surface area contributed by atoms with Gasteiger partial charge >= 0.3 is 5.69 Å². The summed E-state index contributed by atoms with van der Waals surface area (Å²) in [6.45, 7) is 3.48. The van der Waals surface area contributed by atoms with Gasteiger partial charge in [0.25, 0.3) is 0 Å². The first-order valence-corrected chi connectivity index (χ1v) is 5.57. The van der Waals surface area contributed by atoms with Crippen LogP contribution < -0.4 is 22.3 Å². The monoisotopic (exact) mass is 267 g/mol. The number of nitro benzene ring substituents is 1. The molecule has 0 atom stereocenters. The van der Waals surface area contributed by atoms with E-state index in [1.165, 1.54) is 12.1 Å². The highest BCUT2D eigenvalue weighted by molar-refractivity contribution is 5.81. The van der Waals surface area contributed by atoms with Crippen LogP contribution in [0.15, 0.2) is 18.2 Å². The molecule has 0 bridgehead atoms. The lowest BCUT2D eigenvalue weighted by Gasteiger charge is -2.21. The molecule has 0 aliphatic heterocycles. The number of carbonyl (C=O) groups is 1. The minimum Gasteiger partial charge on any atom is -0.378 e. The SMILES string of the molecule is CC(C)(CNc1cccc(NN)c1[N+](=O)[O-])C(N)=O. The summed E-state index contributed by atoms with van der Waals surface area (Å²) in [4.78, 5) is 21.7. The Balaban J connectivity index is 3.02. The highest BCUT2D eigenvalue weighted by Gasteiger charge is 2.26. The van der Waals surface area contributed by atoms with Crippen LogP contribution in [0.3, 0.4) is 0 Å². The molecule has 0 saturated heterocycles. The number of hydrazine groups is 1. The van der Waals surface area contributed by atoms with Crippen LogP contribution in [-0.4, -0.2) is 17.4 Å². The van der Waals surface area contributed by atoms with Gasteiger partial charge in [-0.05, 0) is 26.0 Å². The first kappa shape index (κ1) is 14.7. The van der Waals surface area contributed by atoms with Crippen LogP contribution in [0.2, 0.25) is 0 Å². The quantitative estimate of drug-likeness (QED) is 0.342. The van der Waals surface area contributed by atoms with E-state index in [2.05, 4.69) is 10.7 Å². The van der Waals surface area contributed by atoms with E-state index in [1.807, 2.05) is 0 Å². The van der Waals surface area contributed by atoms with E-state index >= 15 is 0 Å². The molecule has 1 amide bonds. The third-order valence-corrected chi connectivity index (χ3v) is 2.76. The Hall–Kier alpha value is -2.35. The first-order chi connectivity index (χ1) is 8.79. The van der Waals surface area contributed by atoms with Gasteiger partial charge in [0.1, 0.15) is 11.4 Å². The van der Waals surface area contributed by atoms with Gasteiger partial charge in [0, 0.05) is 6.54 Å². The number of anilines is 2. The molecule has 8 heteroatoms. The van der Waals surface area contributed by atoms with E-state index in [1.54, 1.807) is 19.9 Å². The van der Waals surface area contributed by atoms with Crippen LogP contribution in [0.4, 0.5) is 17.1 Å². The molecular weight excluding hydrogens is 250 g/mol. The zero-order chi connectivity index (χ0) is 14.6. The second-order valence-electron chi connectivity index (χ2n) is 4.70. The maximum Gasteiger partial charge on any atom is 0.316 e. The van der Waals surface area contributed by atoms with Crippen LogP contribution in [0.5, 0.6) is 0 Å². The Bertz CT molecular complexity index is 501. The van der Waals surface area contributed by atoms with Crippen LogP contribution in [0, 0.1) is 15.5 Å². The lowest BCUT2D eigenvalue weighted by molar-refractivity contribution is -0.383. The van der Waals surface area contributed by atoms with Crippen molar-refractivity contribution in [3.05, 3.63) is 28.3 Å². The third kappa shape index (κ3) is 3.32. The molecule has 1 rings (SSSR count). The topological polar surface area (TPSA) is 136 Å². The number of nitro groups is 1. The summed E-state index contributed by atoms with van der Waals surface area (Å²) in [7, 11) is 0. The Morgan fingerprint density at radius 2 is 2.00 bits per heavy atom. The summed E-state index contributed by atoms with van der Waals surface area (Å²) in [6, 6.07) is 4.64. The zero-order valence-electron chi connectivity index (χ0n) is 10.8. The average Bonchev–Trinajstić information content (AvgIpc) is 2.35. The number of nitrogens with one attached hydrogen (secondary N) is 2. The van der Waals surface area contributed by atoms with Gasteiger partial charge in [-0.1, -0.05) is 6.07 Å². The molecule has 0 aliphatic carbocycles. The van der Waals surface area contributed by atoms with Crippen molar-refractivity contribution in [1.82, 2.24) is 0 Å². The molecule has 6 N–H and O–H groups in total. The Morgan fingerprint density at radius 1 is 1.42 bits per heavy atom. The molecule has 0 unspecified atom stereocenters. The number of primary amides is 1. The number of carbonyl (C=O) groups excluding carboxylic acids is 1. The van der Waals surface area contributed by atoms with Gasteiger partial charge < -0.3 is 16.5 Å². The molecule has 0 fully saturated rings. The number of nitrogens with two attached hydrogens (primary N) is 2. The highest BCUT2D eigenvalue weighted by atomic mass is 16.6. The molecule has 1 aromatic carbocycles. The molecule has 0 saturated carbocycles. The number of nitrogen functional groups attached to an aromatic ring is 1. The fourth-order valence-electron chi connectivity index (χ4n) is 1.40.